The van der Waals surface area contributed by atoms with E-state index in [4.69, 9.17) is 9.47 Å². The average Bonchev–Trinajstić information content (AvgIpc) is 2.48. The molecule has 0 saturated heterocycles. The van der Waals surface area contributed by atoms with Gasteiger partial charge in [0.15, 0.2) is 0 Å². The molecule has 0 atom stereocenters. The molecule has 144 valence electrons. The quantitative estimate of drug-likeness (QED) is 0.707. The van der Waals surface area contributed by atoms with Crippen LogP contribution in [0.2, 0.25) is 0 Å². The minimum Gasteiger partial charge on any atom is -0.497 e. The van der Waals surface area contributed by atoms with Crippen molar-refractivity contribution in [2.75, 3.05) is 33.6 Å². The molecule has 0 saturated carbocycles. The minimum atomic E-state index is -3.90. The zero-order valence-corrected chi connectivity index (χ0v) is 17.0. The summed E-state index contributed by atoms with van der Waals surface area (Å²) in [4.78, 5) is -0.0731. The first-order chi connectivity index (χ1) is 11.3. The van der Waals surface area contributed by atoms with Gasteiger partial charge in [-0.1, -0.05) is 0 Å². The van der Waals surface area contributed by atoms with Crippen LogP contribution >= 0.6 is 0 Å². The Bertz CT molecular complexity index is 798. The van der Waals surface area contributed by atoms with Gasteiger partial charge in [0.1, 0.15) is 16.4 Å². The van der Waals surface area contributed by atoms with Gasteiger partial charge in [-0.25, -0.2) is 21.6 Å². The highest BCUT2D eigenvalue weighted by atomic mass is 32.2. The van der Waals surface area contributed by atoms with E-state index in [1.807, 2.05) is 0 Å². The van der Waals surface area contributed by atoms with E-state index in [-0.39, 0.29) is 23.7 Å². The molecule has 8 nitrogen and oxygen atoms in total. The van der Waals surface area contributed by atoms with Gasteiger partial charge in [-0.15, -0.1) is 0 Å². The number of hydrogen-bond donors (Lipinski definition) is 1. The highest BCUT2D eigenvalue weighted by Crippen LogP contribution is 2.28. The summed E-state index contributed by atoms with van der Waals surface area (Å²) < 4.78 is 62.7. The monoisotopic (exact) mass is 394 g/mol. The van der Waals surface area contributed by atoms with Crippen molar-refractivity contribution in [3.8, 4) is 11.5 Å². The van der Waals surface area contributed by atoms with Gasteiger partial charge in [0, 0.05) is 24.7 Å². The molecule has 0 aliphatic carbocycles. The van der Waals surface area contributed by atoms with E-state index >= 15 is 0 Å². The average molecular weight is 395 g/mol. The lowest BCUT2D eigenvalue weighted by Crippen LogP contribution is -2.48. The van der Waals surface area contributed by atoms with E-state index in [0.717, 1.165) is 6.26 Å². The lowest BCUT2D eigenvalue weighted by atomic mass is 10.1. The van der Waals surface area contributed by atoms with Crippen LogP contribution in [0.5, 0.6) is 11.5 Å². The Morgan fingerprint density at radius 2 is 1.68 bits per heavy atom. The molecule has 0 aromatic heterocycles. The van der Waals surface area contributed by atoms with E-state index in [9.17, 15) is 16.8 Å². The van der Waals surface area contributed by atoms with Gasteiger partial charge >= 0.3 is 0 Å². The lowest BCUT2D eigenvalue weighted by molar-refractivity contribution is 0.254. The molecule has 0 aliphatic rings. The van der Waals surface area contributed by atoms with Crippen molar-refractivity contribution >= 4 is 20.0 Å². The van der Waals surface area contributed by atoms with Crippen LogP contribution in [0.4, 0.5) is 0 Å². The highest BCUT2D eigenvalue weighted by molar-refractivity contribution is 7.89. The van der Waals surface area contributed by atoms with Crippen LogP contribution < -0.4 is 14.2 Å². The van der Waals surface area contributed by atoms with Crippen molar-refractivity contribution in [3.63, 3.8) is 0 Å². The Morgan fingerprint density at radius 3 is 2.12 bits per heavy atom. The van der Waals surface area contributed by atoms with Crippen molar-refractivity contribution in [2.45, 2.75) is 31.2 Å². The first kappa shape index (κ1) is 21.7. The zero-order valence-electron chi connectivity index (χ0n) is 15.4. The molecular formula is C15H26N2O6S2. The molecule has 0 aliphatic heterocycles. The molecule has 1 aromatic carbocycles. The second-order valence-electron chi connectivity index (χ2n) is 6.42. The second-order valence-corrected chi connectivity index (χ2v) is 10.1. The van der Waals surface area contributed by atoms with Gasteiger partial charge in [0.25, 0.3) is 0 Å². The Balaban J connectivity index is 3.00. The Labute approximate surface area is 150 Å². The van der Waals surface area contributed by atoms with Gasteiger partial charge in [-0.2, -0.15) is 4.31 Å². The van der Waals surface area contributed by atoms with Crippen LogP contribution in [0.3, 0.4) is 0 Å². The molecule has 0 spiro atoms. The van der Waals surface area contributed by atoms with Crippen molar-refractivity contribution < 1.29 is 26.3 Å². The Kier molecular flexibility index (Phi) is 6.85. The molecule has 1 N–H and O–H groups in total. The summed E-state index contributed by atoms with van der Waals surface area (Å²) in [5.41, 5.74) is -0.660. The third kappa shape index (κ3) is 5.84. The largest absolute Gasteiger partial charge is 0.497 e. The topological polar surface area (TPSA) is 102 Å². The van der Waals surface area contributed by atoms with E-state index < -0.39 is 25.6 Å². The van der Waals surface area contributed by atoms with Gasteiger partial charge in [-0.3, -0.25) is 0 Å². The molecule has 0 bridgehead atoms. The van der Waals surface area contributed by atoms with Crippen molar-refractivity contribution in [1.29, 1.82) is 0 Å². The van der Waals surface area contributed by atoms with Crippen LogP contribution in [-0.2, 0) is 20.0 Å². The van der Waals surface area contributed by atoms with E-state index in [1.165, 1.54) is 30.7 Å². The molecule has 0 fully saturated rings. The number of methoxy groups -OCH3 is 2. The maximum absolute atomic E-state index is 12.5. The number of rotatable bonds is 8. The molecule has 10 heteroatoms. The molecule has 1 aromatic rings. The first-order valence-corrected chi connectivity index (χ1v) is 10.9. The lowest BCUT2D eigenvalue weighted by Gasteiger charge is -2.33. The molecule has 0 unspecified atom stereocenters. The summed E-state index contributed by atoms with van der Waals surface area (Å²) in [6.45, 7) is 5.16. The molecule has 25 heavy (non-hydrogen) atoms. The van der Waals surface area contributed by atoms with Gasteiger partial charge in [0.2, 0.25) is 20.0 Å². The summed E-state index contributed by atoms with van der Waals surface area (Å²) in [5, 5.41) is 0. The number of hydrogen-bond acceptors (Lipinski definition) is 6. The highest BCUT2D eigenvalue weighted by Gasteiger charge is 2.30. The van der Waals surface area contributed by atoms with Crippen molar-refractivity contribution in [1.82, 2.24) is 9.03 Å². The van der Waals surface area contributed by atoms with E-state index in [1.54, 1.807) is 26.8 Å². The molecule has 1 rings (SSSR count). The van der Waals surface area contributed by atoms with E-state index in [2.05, 4.69) is 4.72 Å². The normalized spacial score (nSPS) is 13.1. The van der Waals surface area contributed by atoms with Crippen LogP contribution in [0.1, 0.15) is 20.8 Å². The predicted octanol–water partition coefficient (Wildman–Crippen LogP) is 1.04. The summed E-state index contributed by atoms with van der Waals surface area (Å²) in [6.07, 6.45) is 1.10. The minimum absolute atomic E-state index is 0.00779. The fourth-order valence-corrected chi connectivity index (χ4v) is 4.97. The number of sulfonamides is 2. The number of nitrogens with zero attached hydrogens (tertiary/aromatic N) is 1. The van der Waals surface area contributed by atoms with Crippen LogP contribution in [0.25, 0.3) is 0 Å². The Hall–Kier alpha value is -1.36. The smallest absolute Gasteiger partial charge is 0.244 e. The maximum atomic E-state index is 12.5. The SMILES string of the molecule is COc1ccc(OC)c(S(=O)(=O)NCCN(C(C)(C)C)S(C)(=O)=O)c1. The summed E-state index contributed by atoms with van der Waals surface area (Å²) >= 11 is 0. The zero-order chi connectivity index (χ0) is 19.5. The van der Waals surface area contributed by atoms with Crippen LogP contribution in [0, 0.1) is 0 Å². The maximum Gasteiger partial charge on any atom is 0.244 e. The predicted molar refractivity (Wildman–Crippen MR) is 96.0 cm³/mol. The second kappa shape index (κ2) is 7.90. The summed E-state index contributed by atoms with van der Waals surface area (Å²) in [6, 6.07) is 4.42. The fourth-order valence-electron chi connectivity index (χ4n) is 2.35. The third-order valence-corrected chi connectivity index (χ3v) is 6.43. The fraction of sp³-hybridized carbons (Fsp3) is 0.600. The third-order valence-electron chi connectivity index (χ3n) is 3.42. The molecule has 0 radical (unpaired) electrons. The Morgan fingerprint density at radius 1 is 1.08 bits per heavy atom. The van der Waals surface area contributed by atoms with Gasteiger partial charge in [-0.05, 0) is 32.9 Å². The molecular weight excluding hydrogens is 368 g/mol. The van der Waals surface area contributed by atoms with Crippen LogP contribution in [0.15, 0.2) is 23.1 Å². The molecule has 0 heterocycles. The molecule has 0 amide bonds. The van der Waals surface area contributed by atoms with Gasteiger partial charge in [0.05, 0.1) is 20.5 Å². The van der Waals surface area contributed by atoms with Crippen molar-refractivity contribution in [2.24, 2.45) is 0 Å². The van der Waals surface area contributed by atoms with Crippen LogP contribution in [-0.4, -0.2) is 60.2 Å². The van der Waals surface area contributed by atoms with Crippen molar-refractivity contribution in [3.05, 3.63) is 18.2 Å². The van der Waals surface area contributed by atoms with E-state index in [0.29, 0.717) is 5.75 Å². The first-order valence-electron chi connectivity index (χ1n) is 7.52. The van der Waals surface area contributed by atoms with Gasteiger partial charge < -0.3 is 9.47 Å². The number of nitrogens with one attached hydrogen (secondary N) is 1. The summed E-state index contributed by atoms with van der Waals surface area (Å²) in [7, 11) is -4.58. The summed E-state index contributed by atoms with van der Waals surface area (Å²) in [5.74, 6) is 0.540. The standard InChI is InChI=1S/C15H26N2O6S2/c1-15(2,3)17(24(6,18)19)10-9-16-25(20,21)14-11-12(22-4)7-8-13(14)23-5/h7-8,11,16H,9-10H2,1-6H3. The number of ether oxygens (including phenoxy) is 2. The number of benzene rings is 1.